The van der Waals surface area contributed by atoms with Crippen LogP contribution < -0.4 is 15.8 Å². The van der Waals surface area contributed by atoms with Gasteiger partial charge < -0.3 is 24.7 Å². The number of alkyl halides is 3. The fraction of sp³-hybridized carbons (Fsp3) is 0.200. The van der Waals surface area contributed by atoms with Gasteiger partial charge in [-0.2, -0.15) is 13.2 Å². The number of fused-ring (bicyclic) bond motifs is 2. The summed E-state index contributed by atoms with van der Waals surface area (Å²) in [6.07, 6.45) is -4.64. The molecule has 9 nitrogen and oxygen atoms in total. The Hall–Kier alpha value is -4.45. The first-order valence-electron chi connectivity index (χ1n) is 11.1. The average Bonchev–Trinajstić information content (AvgIpc) is 3.51. The fourth-order valence-corrected chi connectivity index (χ4v) is 3.93. The molecule has 37 heavy (non-hydrogen) atoms. The molecule has 3 N–H and O–H groups in total. The molecule has 0 aliphatic carbocycles. The van der Waals surface area contributed by atoms with E-state index >= 15 is 0 Å². The number of ether oxygens (including phenoxy) is 1. The maximum atomic E-state index is 13.3. The molecular weight excluding hydrogens is 491 g/mol. The number of pyridine rings is 1. The Morgan fingerprint density at radius 2 is 1.89 bits per heavy atom. The topological polar surface area (TPSA) is 129 Å². The molecule has 1 amide bonds. The first-order valence-corrected chi connectivity index (χ1v) is 11.1. The molecule has 3 aromatic heterocycles. The van der Waals surface area contributed by atoms with Crippen molar-refractivity contribution in [2.45, 2.75) is 25.7 Å². The van der Waals surface area contributed by atoms with Gasteiger partial charge in [-0.25, -0.2) is 9.97 Å². The van der Waals surface area contributed by atoms with Crippen molar-refractivity contribution in [3.05, 3.63) is 71.4 Å². The largest absolute Gasteiger partial charge is 0.494 e. The van der Waals surface area contributed by atoms with Crippen molar-refractivity contribution < 1.29 is 31.6 Å². The number of hydrogen-bond donors (Lipinski definition) is 2. The van der Waals surface area contributed by atoms with Crippen LogP contribution in [0.5, 0.6) is 5.75 Å². The van der Waals surface area contributed by atoms with E-state index in [2.05, 4.69) is 20.4 Å². The van der Waals surface area contributed by atoms with Crippen LogP contribution in [0.4, 0.5) is 13.2 Å². The van der Waals surface area contributed by atoms with E-state index in [1.165, 1.54) is 19.2 Å². The lowest BCUT2D eigenvalue weighted by Crippen LogP contribution is -2.25. The Morgan fingerprint density at radius 1 is 1.11 bits per heavy atom. The van der Waals surface area contributed by atoms with Crippen molar-refractivity contribution >= 4 is 27.8 Å². The van der Waals surface area contributed by atoms with E-state index in [1.54, 1.807) is 19.1 Å². The van der Waals surface area contributed by atoms with Crippen LogP contribution in [-0.2, 0) is 12.7 Å². The molecule has 0 radical (unpaired) electrons. The molecule has 0 unspecified atom stereocenters. The Balaban J connectivity index is 1.52. The molecule has 0 fully saturated rings. The zero-order valence-corrected chi connectivity index (χ0v) is 19.6. The van der Waals surface area contributed by atoms with Crippen LogP contribution >= 0.6 is 0 Å². The first kappa shape index (κ1) is 24.3. The zero-order chi connectivity index (χ0) is 26.3. The van der Waals surface area contributed by atoms with Crippen molar-refractivity contribution in [2.24, 2.45) is 5.73 Å². The molecular formula is C25H20F3N5O4. The van der Waals surface area contributed by atoms with Gasteiger partial charge in [-0.3, -0.25) is 4.79 Å². The van der Waals surface area contributed by atoms with E-state index in [4.69, 9.17) is 19.4 Å². The van der Waals surface area contributed by atoms with Crippen molar-refractivity contribution in [3.63, 3.8) is 0 Å². The summed E-state index contributed by atoms with van der Waals surface area (Å²) in [5.74, 6) is -0.314. The highest BCUT2D eigenvalue weighted by Crippen LogP contribution is 2.37. The van der Waals surface area contributed by atoms with Gasteiger partial charge in [-0.05, 0) is 43.3 Å². The molecule has 0 bridgehead atoms. The molecule has 0 spiro atoms. The smallest absolute Gasteiger partial charge is 0.433 e. The van der Waals surface area contributed by atoms with E-state index < -0.39 is 23.8 Å². The van der Waals surface area contributed by atoms with Crippen molar-refractivity contribution in [1.29, 1.82) is 0 Å². The van der Waals surface area contributed by atoms with Gasteiger partial charge in [0.15, 0.2) is 17.0 Å². The number of carbonyl (C=O) groups is 1. The summed E-state index contributed by atoms with van der Waals surface area (Å²) < 4.78 is 56.1. The summed E-state index contributed by atoms with van der Waals surface area (Å²) in [6, 6.07) is 11.7. The summed E-state index contributed by atoms with van der Waals surface area (Å²) in [5.41, 5.74) is 6.32. The van der Waals surface area contributed by atoms with Gasteiger partial charge in [0.1, 0.15) is 22.7 Å². The van der Waals surface area contributed by atoms with Gasteiger partial charge in [0.25, 0.3) is 5.91 Å². The number of oxazole rings is 1. The van der Waals surface area contributed by atoms with Crippen molar-refractivity contribution in [1.82, 2.24) is 20.4 Å². The molecule has 0 aliphatic rings. The summed E-state index contributed by atoms with van der Waals surface area (Å²) in [4.78, 5) is 21.2. The maximum absolute atomic E-state index is 13.3. The predicted molar refractivity (Wildman–Crippen MR) is 127 cm³/mol. The standard InChI is InChI=1S/C25H20F3N5O4/c1-12(29)22-21(23(34)30-11-16-15-5-3-4-6-17(15)37-33-16)32-24(36-22)14-7-9-18(35-2)20-13(14)8-10-19(31-20)25(26,27)28/h3-10,12H,11,29H2,1-2H3,(H,30,34)/t12-/m0/s1. The molecule has 5 rings (SSSR count). The predicted octanol–water partition coefficient (Wildman–Crippen LogP) is 5.01. The van der Waals surface area contributed by atoms with Gasteiger partial charge in [0, 0.05) is 16.3 Å². The highest BCUT2D eigenvalue weighted by molar-refractivity contribution is 5.98. The number of nitrogens with zero attached hydrogens (tertiary/aromatic N) is 3. The monoisotopic (exact) mass is 511 g/mol. The Bertz CT molecular complexity index is 1620. The third-order valence-corrected chi connectivity index (χ3v) is 5.71. The third-order valence-electron chi connectivity index (χ3n) is 5.71. The van der Waals surface area contributed by atoms with E-state index in [1.807, 2.05) is 18.2 Å². The zero-order valence-electron chi connectivity index (χ0n) is 19.6. The summed E-state index contributed by atoms with van der Waals surface area (Å²) in [6.45, 7) is 1.68. The molecule has 190 valence electrons. The van der Waals surface area contributed by atoms with Crippen LogP contribution in [0.1, 0.15) is 40.6 Å². The van der Waals surface area contributed by atoms with Crippen LogP contribution in [0.2, 0.25) is 0 Å². The lowest BCUT2D eigenvalue weighted by molar-refractivity contribution is -0.140. The number of para-hydroxylation sites is 1. The second-order valence-corrected chi connectivity index (χ2v) is 8.23. The minimum Gasteiger partial charge on any atom is -0.494 e. The Morgan fingerprint density at radius 3 is 2.62 bits per heavy atom. The lowest BCUT2D eigenvalue weighted by Gasteiger charge is -2.11. The minimum atomic E-state index is -4.64. The highest BCUT2D eigenvalue weighted by Gasteiger charge is 2.33. The summed E-state index contributed by atoms with van der Waals surface area (Å²) in [5, 5.41) is 7.78. The first-order chi connectivity index (χ1) is 17.7. The summed E-state index contributed by atoms with van der Waals surface area (Å²) in [7, 11) is 1.33. The number of halogens is 3. The van der Waals surface area contributed by atoms with Crippen LogP contribution in [0.15, 0.2) is 57.5 Å². The molecule has 0 saturated heterocycles. The van der Waals surface area contributed by atoms with Gasteiger partial charge in [0.05, 0.1) is 19.7 Å². The highest BCUT2D eigenvalue weighted by atomic mass is 19.4. The number of methoxy groups -OCH3 is 1. The number of carbonyl (C=O) groups excluding carboxylic acids is 1. The minimum absolute atomic E-state index is 0.00134. The second kappa shape index (κ2) is 9.21. The Labute approximate surface area is 207 Å². The fourth-order valence-electron chi connectivity index (χ4n) is 3.93. The van der Waals surface area contributed by atoms with Gasteiger partial charge in [-0.1, -0.05) is 17.3 Å². The molecule has 0 saturated carbocycles. The number of hydrogen-bond acceptors (Lipinski definition) is 8. The molecule has 5 aromatic rings. The van der Waals surface area contributed by atoms with E-state index in [0.29, 0.717) is 22.2 Å². The van der Waals surface area contributed by atoms with Crippen LogP contribution in [0.3, 0.4) is 0 Å². The molecule has 2 aromatic carbocycles. The van der Waals surface area contributed by atoms with Gasteiger partial charge in [0.2, 0.25) is 5.89 Å². The van der Waals surface area contributed by atoms with E-state index in [-0.39, 0.29) is 35.2 Å². The molecule has 3 heterocycles. The van der Waals surface area contributed by atoms with Crippen LogP contribution in [0.25, 0.3) is 33.3 Å². The normalized spacial score (nSPS) is 12.7. The van der Waals surface area contributed by atoms with E-state index in [9.17, 15) is 18.0 Å². The van der Waals surface area contributed by atoms with Gasteiger partial charge in [-0.15, -0.1) is 0 Å². The molecule has 1 atom stereocenters. The summed E-state index contributed by atoms with van der Waals surface area (Å²) >= 11 is 0. The van der Waals surface area contributed by atoms with Crippen molar-refractivity contribution in [3.8, 4) is 17.2 Å². The number of nitrogens with one attached hydrogen (secondary N) is 1. The molecule has 0 aliphatic heterocycles. The quantitative estimate of drug-likeness (QED) is 0.326. The van der Waals surface area contributed by atoms with E-state index in [0.717, 1.165) is 11.5 Å². The third kappa shape index (κ3) is 4.47. The van der Waals surface area contributed by atoms with Crippen molar-refractivity contribution in [2.75, 3.05) is 7.11 Å². The number of benzene rings is 2. The maximum Gasteiger partial charge on any atom is 0.433 e. The number of nitrogens with two attached hydrogens (primary N) is 1. The van der Waals surface area contributed by atoms with Crippen LogP contribution in [0, 0.1) is 0 Å². The number of aromatic nitrogens is 3. The van der Waals surface area contributed by atoms with Crippen LogP contribution in [-0.4, -0.2) is 28.1 Å². The SMILES string of the molecule is COc1ccc(-c2nc(C(=O)NCc3noc4ccccc34)c([C@H](C)N)o2)c2ccc(C(F)(F)F)nc12. The lowest BCUT2D eigenvalue weighted by atomic mass is 10.1. The number of rotatable bonds is 6. The Kier molecular flexibility index (Phi) is 6.04. The molecule has 12 heteroatoms. The van der Waals surface area contributed by atoms with Gasteiger partial charge >= 0.3 is 6.18 Å². The average molecular weight is 511 g/mol. The second-order valence-electron chi connectivity index (χ2n) is 8.23. The number of amides is 1.